The molecule has 3 nitrogen and oxygen atoms in total. The lowest BCUT2D eigenvalue weighted by atomic mass is 10.0. The van der Waals surface area contributed by atoms with E-state index in [2.05, 4.69) is 6.92 Å². The Morgan fingerprint density at radius 2 is 1.96 bits per heavy atom. The molecule has 0 bridgehead atoms. The minimum atomic E-state index is -4.39. The molecule has 24 heavy (non-hydrogen) atoms. The summed E-state index contributed by atoms with van der Waals surface area (Å²) in [4.78, 5) is 12.7. The van der Waals surface area contributed by atoms with Crippen LogP contribution in [0.1, 0.15) is 29.0 Å². The first-order valence-electron chi connectivity index (χ1n) is 7.68. The molecule has 130 valence electrons. The van der Waals surface area contributed by atoms with Crippen molar-refractivity contribution >= 4 is 17.2 Å². The molecule has 3 N–H and O–H groups in total. The van der Waals surface area contributed by atoms with E-state index >= 15 is 0 Å². The molecule has 0 aliphatic heterocycles. The number of quaternary nitrogens is 1. The maximum absolute atomic E-state index is 12.2. The molecule has 0 saturated carbocycles. The standard InChI is InChI=1S/C17H19F3N2OS/c1-2-12-5-7-13(8-6-12)16(14-4-3-9-24-14)21-10-15(23)22-11-17(18,19)20/h3-9,16,21H,2,10-11H2,1H3,(H,22,23)/p+1/t16-/m1/s1. The fourth-order valence-corrected chi connectivity index (χ4v) is 3.19. The lowest BCUT2D eigenvalue weighted by molar-refractivity contribution is -0.676. The Balaban J connectivity index is 2.03. The van der Waals surface area contributed by atoms with E-state index in [0.717, 1.165) is 16.9 Å². The summed E-state index contributed by atoms with van der Waals surface area (Å²) in [5.41, 5.74) is 2.24. The van der Waals surface area contributed by atoms with E-state index in [1.807, 2.05) is 47.1 Å². The average molecular weight is 357 g/mol. The summed E-state index contributed by atoms with van der Waals surface area (Å²) >= 11 is 1.56. The van der Waals surface area contributed by atoms with Gasteiger partial charge in [-0.2, -0.15) is 13.2 Å². The number of thiophene rings is 1. The number of rotatable bonds is 7. The fraction of sp³-hybridized carbons (Fsp3) is 0.353. The molecule has 0 radical (unpaired) electrons. The second-order valence-electron chi connectivity index (χ2n) is 5.42. The van der Waals surface area contributed by atoms with Crippen LogP contribution < -0.4 is 10.6 Å². The molecular formula is C17H20F3N2OS+. The summed E-state index contributed by atoms with van der Waals surface area (Å²) < 4.78 is 36.5. The predicted octanol–water partition coefficient (Wildman–Crippen LogP) is 2.64. The van der Waals surface area contributed by atoms with Crippen LogP contribution in [0.5, 0.6) is 0 Å². The molecule has 2 aromatic rings. The number of carbonyl (C=O) groups excluding carboxylic acids is 1. The van der Waals surface area contributed by atoms with Crippen molar-refractivity contribution in [3.8, 4) is 0 Å². The zero-order valence-corrected chi connectivity index (χ0v) is 14.1. The number of aryl methyl sites for hydroxylation is 1. The summed E-state index contributed by atoms with van der Waals surface area (Å²) in [5.74, 6) is -0.626. The number of nitrogens with two attached hydrogens (primary N) is 1. The first-order valence-corrected chi connectivity index (χ1v) is 8.56. The number of hydrogen-bond donors (Lipinski definition) is 2. The summed E-state index contributed by atoms with van der Waals surface area (Å²) in [5, 5.41) is 5.61. The van der Waals surface area contributed by atoms with E-state index < -0.39 is 18.6 Å². The van der Waals surface area contributed by atoms with Crippen LogP contribution in [-0.4, -0.2) is 25.2 Å². The Kier molecular flexibility index (Phi) is 6.39. The Hall–Kier alpha value is -1.86. The van der Waals surface area contributed by atoms with Crippen molar-refractivity contribution in [2.24, 2.45) is 0 Å². The number of carbonyl (C=O) groups is 1. The number of alkyl halides is 3. The van der Waals surface area contributed by atoms with Gasteiger partial charge in [-0.15, -0.1) is 11.3 Å². The third kappa shape index (κ3) is 5.65. The van der Waals surface area contributed by atoms with Gasteiger partial charge in [0.25, 0.3) is 5.91 Å². The molecule has 0 saturated heterocycles. The lowest BCUT2D eigenvalue weighted by Gasteiger charge is -2.15. The molecule has 1 aromatic heterocycles. The quantitative estimate of drug-likeness (QED) is 0.786. The second kappa shape index (κ2) is 8.30. The molecule has 0 fully saturated rings. The van der Waals surface area contributed by atoms with Crippen LogP contribution in [0, 0.1) is 0 Å². The number of hydrogen-bond acceptors (Lipinski definition) is 2. The number of nitrogens with one attached hydrogen (secondary N) is 1. The van der Waals surface area contributed by atoms with Crippen LogP contribution in [0.3, 0.4) is 0 Å². The highest BCUT2D eigenvalue weighted by Gasteiger charge is 2.28. The van der Waals surface area contributed by atoms with Gasteiger partial charge in [0.05, 0.1) is 4.88 Å². The first-order chi connectivity index (χ1) is 11.4. The molecule has 7 heteroatoms. The van der Waals surface area contributed by atoms with Gasteiger partial charge in [-0.3, -0.25) is 4.79 Å². The van der Waals surface area contributed by atoms with Crippen LogP contribution in [0.15, 0.2) is 41.8 Å². The smallest absolute Gasteiger partial charge is 0.342 e. The van der Waals surface area contributed by atoms with Crippen LogP contribution in [0.4, 0.5) is 13.2 Å². The van der Waals surface area contributed by atoms with Gasteiger partial charge in [0, 0.05) is 5.56 Å². The number of benzene rings is 1. The summed E-state index contributed by atoms with van der Waals surface area (Å²) in [6, 6.07) is 11.9. The normalized spacial score (nSPS) is 12.8. The molecule has 0 aliphatic carbocycles. The van der Waals surface area contributed by atoms with Crippen molar-refractivity contribution in [2.45, 2.75) is 25.6 Å². The van der Waals surface area contributed by atoms with Crippen molar-refractivity contribution in [1.29, 1.82) is 0 Å². The molecular weight excluding hydrogens is 337 g/mol. The summed E-state index contributed by atoms with van der Waals surface area (Å²) in [7, 11) is 0. The fourth-order valence-electron chi connectivity index (χ4n) is 2.34. The van der Waals surface area contributed by atoms with Crippen molar-refractivity contribution in [3.63, 3.8) is 0 Å². The van der Waals surface area contributed by atoms with Crippen molar-refractivity contribution in [3.05, 3.63) is 57.8 Å². The topological polar surface area (TPSA) is 45.7 Å². The van der Waals surface area contributed by atoms with Crippen molar-refractivity contribution < 1.29 is 23.3 Å². The van der Waals surface area contributed by atoms with Crippen molar-refractivity contribution in [2.75, 3.05) is 13.1 Å². The largest absolute Gasteiger partial charge is 0.405 e. The average Bonchev–Trinajstić information content (AvgIpc) is 3.07. The highest BCUT2D eigenvalue weighted by molar-refractivity contribution is 7.10. The van der Waals surface area contributed by atoms with Crippen LogP contribution in [0.2, 0.25) is 0 Å². The molecule has 1 aromatic carbocycles. The van der Waals surface area contributed by atoms with E-state index in [0.29, 0.717) is 0 Å². The third-order valence-electron chi connectivity index (χ3n) is 3.62. The second-order valence-corrected chi connectivity index (χ2v) is 6.40. The van der Waals surface area contributed by atoms with Crippen molar-refractivity contribution in [1.82, 2.24) is 5.32 Å². The number of amides is 1. The highest BCUT2D eigenvalue weighted by Crippen LogP contribution is 2.23. The minimum absolute atomic E-state index is 0.0613. The lowest BCUT2D eigenvalue weighted by Crippen LogP contribution is -2.87. The minimum Gasteiger partial charge on any atom is -0.342 e. The van der Waals surface area contributed by atoms with Crippen LogP contribution >= 0.6 is 11.3 Å². The molecule has 1 amide bonds. The number of halogens is 3. The highest BCUT2D eigenvalue weighted by atomic mass is 32.1. The van der Waals surface area contributed by atoms with E-state index in [4.69, 9.17) is 0 Å². The van der Waals surface area contributed by atoms with Gasteiger partial charge >= 0.3 is 6.18 Å². The Morgan fingerprint density at radius 1 is 1.25 bits per heavy atom. The van der Waals surface area contributed by atoms with E-state index in [-0.39, 0.29) is 12.6 Å². The third-order valence-corrected chi connectivity index (χ3v) is 4.58. The molecule has 1 heterocycles. The molecule has 1 atom stereocenters. The monoisotopic (exact) mass is 357 g/mol. The van der Waals surface area contributed by atoms with Gasteiger partial charge in [0.15, 0.2) is 6.54 Å². The predicted molar refractivity (Wildman–Crippen MR) is 87.8 cm³/mol. The Labute approximate surface area is 142 Å². The first kappa shape index (κ1) is 18.5. The van der Waals surface area contributed by atoms with E-state index in [9.17, 15) is 18.0 Å². The maximum Gasteiger partial charge on any atom is 0.405 e. The Bertz CT molecular complexity index is 639. The zero-order chi connectivity index (χ0) is 17.6. The van der Waals surface area contributed by atoms with Gasteiger partial charge in [-0.25, -0.2) is 0 Å². The van der Waals surface area contributed by atoms with Gasteiger partial charge in [-0.1, -0.05) is 37.3 Å². The van der Waals surface area contributed by atoms with Gasteiger partial charge in [-0.05, 0) is 23.4 Å². The maximum atomic E-state index is 12.2. The van der Waals surface area contributed by atoms with Gasteiger partial charge < -0.3 is 10.6 Å². The molecule has 0 aliphatic rings. The van der Waals surface area contributed by atoms with Gasteiger partial charge in [0.2, 0.25) is 0 Å². The van der Waals surface area contributed by atoms with E-state index in [1.54, 1.807) is 16.7 Å². The van der Waals surface area contributed by atoms with E-state index in [1.165, 1.54) is 5.56 Å². The van der Waals surface area contributed by atoms with Gasteiger partial charge in [0.1, 0.15) is 12.6 Å². The zero-order valence-electron chi connectivity index (χ0n) is 13.3. The van der Waals surface area contributed by atoms with Crippen LogP contribution in [-0.2, 0) is 11.2 Å². The summed E-state index contributed by atoms with van der Waals surface area (Å²) in [6.07, 6.45) is -3.45. The SMILES string of the molecule is CCc1ccc([C@@H]([NH2+]CC(=O)NCC(F)(F)F)c2cccs2)cc1. The molecule has 0 unspecified atom stereocenters. The van der Waals surface area contributed by atoms with Crippen LogP contribution in [0.25, 0.3) is 0 Å². The molecule has 0 spiro atoms. The summed E-state index contributed by atoms with van der Waals surface area (Å²) in [6.45, 7) is 0.714. The Morgan fingerprint density at radius 3 is 2.50 bits per heavy atom. The molecule has 2 rings (SSSR count).